The summed E-state index contributed by atoms with van der Waals surface area (Å²) in [5, 5.41) is 5.52. The molecule has 0 unspecified atom stereocenters. The fourth-order valence-corrected chi connectivity index (χ4v) is 2.13. The van der Waals surface area contributed by atoms with Gasteiger partial charge in [-0.05, 0) is 44.2 Å². The van der Waals surface area contributed by atoms with E-state index in [4.69, 9.17) is 4.74 Å². The maximum atomic E-state index is 12.4. The van der Waals surface area contributed by atoms with Crippen LogP contribution in [0, 0.1) is 0 Å². The molecule has 5 nitrogen and oxygen atoms in total. The lowest BCUT2D eigenvalue weighted by Gasteiger charge is -2.11. The minimum absolute atomic E-state index is 0.168. The van der Waals surface area contributed by atoms with Crippen molar-refractivity contribution < 1.29 is 14.3 Å². The summed E-state index contributed by atoms with van der Waals surface area (Å²) in [5.74, 6) is 0.0906. The molecule has 0 spiro atoms. The van der Waals surface area contributed by atoms with E-state index in [-0.39, 0.29) is 11.8 Å². The van der Waals surface area contributed by atoms with E-state index in [0.717, 1.165) is 0 Å². The maximum absolute atomic E-state index is 12.4. The SMILES string of the molecule is CCNC(=O)c1cccc(NC(=O)c2ccccc2OCC)c1. The number of amides is 2. The third-order valence-corrected chi connectivity index (χ3v) is 3.15. The van der Waals surface area contributed by atoms with Gasteiger partial charge in [0.25, 0.3) is 11.8 Å². The first kappa shape index (κ1) is 16.5. The van der Waals surface area contributed by atoms with Gasteiger partial charge in [-0.2, -0.15) is 0 Å². The molecule has 2 N–H and O–H groups in total. The van der Waals surface area contributed by atoms with E-state index in [0.29, 0.717) is 35.7 Å². The van der Waals surface area contributed by atoms with Crippen molar-refractivity contribution in [2.75, 3.05) is 18.5 Å². The van der Waals surface area contributed by atoms with Gasteiger partial charge in [-0.15, -0.1) is 0 Å². The van der Waals surface area contributed by atoms with Crippen LogP contribution in [0.4, 0.5) is 5.69 Å². The van der Waals surface area contributed by atoms with Gasteiger partial charge in [0.15, 0.2) is 0 Å². The van der Waals surface area contributed by atoms with Crippen molar-refractivity contribution in [3.63, 3.8) is 0 Å². The molecule has 0 atom stereocenters. The molecule has 23 heavy (non-hydrogen) atoms. The second kappa shape index (κ2) is 7.98. The Kier molecular flexibility index (Phi) is 5.74. The molecular weight excluding hydrogens is 292 g/mol. The average molecular weight is 312 g/mol. The molecule has 2 aromatic rings. The number of ether oxygens (including phenoxy) is 1. The fourth-order valence-electron chi connectivity index (χ4n) is 2.13. The summed E-state index contributed by atoms with van der Waals surface area (Å²) in [7, 11) is 0. The molecule has 0 heterocycles. The van der Waals surface area contributed by atoms with Crippen molar-refractivity contribution in [1.82, 2.24) is 5.32 Å². The van der Waals surface area contributed by atoms with E-state index in [1.807, 2.05) is 19.9 Å². The predicted octanol–water partition coefficient (Wildman–Crippen LogP) is 3.09. The number of carbonyl (C=O) groups excluding carboxylic acids is 2. The normalized spacial score (nSPS) is 10.0. The molecule has 0 aliphatic carbocycles. The molecule has 120 valence electrons. The molecule has 2 amide bonds. The van der Waals surface area contributed by atoms with Crippen molar-refractivity contribution in [1.29, 1.82) is 0 Å². The Morgan fingerprint density at radius 2 is 1.78 bits per heavy atom. The largest absolute Gasteiger partial charge is 0.493 e. The van der Waals surface area contributed by atoms with Gasteiger partial charge in [0.1, 0.15) is 5.75 Å². The van der Waals surface area contributed by atoms with Gasteiger partial charge in [0.2, 0.25) is 0 Å². The number of hydrogen-bond donors (Lipinski definition) is 2. The van der Waals surface area contributed by atoms with Crippen LogP contribution in [0.2, 0.25) is 0 Å². The smallest absolute Gasteiger partial charge is 0.259 e. The molecule has 0 aliphatic rings. The summed E-state index contributed by atoms with van der Waals surface area (Å²) in [5.41, 5.74) is 1.52. The minimum atomic E-state index is -0.276. The lowest BCUT2D eigenvalue weighted by molar-refractivity contribution is 0.0954. The van der Waals surface area contributed by atoms with Gasteiger partial charge in [0.05, 0.1) is 12.2 Å². The Bertz CT molecular complexity index is 698. The number of hydrogen-bond acceptors (Lipinski definition) is 3. The number of para-hydroxylation sites is 1. The van der Waals surface area contributed by atoms with E-state index in [1.165, 1.54) is 0 Å². The van der Waals surface area contributed by atoms with Crippen LogP contribution in [0.25, 0.3) is 0 Å². The summed E-state index contributed by atoms with van der Waals surface area (Å²) in [4.78, 5) is 24.3. The third kappa shape index (κ3) is 4.32. The zero-order valence-corrected chi connectivity index (χ0v) is 13.3. The zero-order valence-electron chi connectivity index (χ0n) is 13.3. The molecule has 2 aromatic carbocycles. The second-order valence-electron chi connectivity index (χ2n) is 4.82. The topological polar surface area (TPSA) is 67.4 Å². The molecule has 5 heteroatoms. The van der Waals surface area contributed by atoms with Crippen LogP contribution in [-0.2, 0) is 0 Å². The van der Waals surface area contributed by atoms with Crippen LogP contribution in [0.15, 0.2) is 48.5 Å². The third-order valence-electron chi connectivity index (χ3n) is 3.15. The number of anilines is 1. The van der Waals surface area contributed by atoms with Gasteiger partial charge in [-0.25, -0.2) is 0 Å². The highest BCUT2D eigenvalue weighted by Crippen LogP contribution is 2.20. The average Bonchev–Trinajstić information content (AvgIpc) is 2.56. The van der Waals surface area contributed by atoms with Crippen LogP contribution in [0.3, 0.4) is 0 Å². The maximum Gasteiger partial charge on any atom is 0.259 e. The fraction of sp³-hybridized carbons (Fsp3) is 0.222. The van der Waals surface area contributed by atoms with Gasteiger partial charge in [-0.1, -0.05) is 18.2 Å². The summed E-state index contributed by atoms with van der Waals surface area (Å²) >= 11 is 0. The van der Waals surface area contributed by atoms with E-state index >= 15 is 0 Å². The number of carbonyl (C=O) groups is 2. The molecule has 0 aliphatic heterocycles. The lowest BCUT2D eigenvalue weighted by Crippen LogP contribution is -2.22. The minimum Gasteiger partial charge on any atom is -0.493 e. The Hall–Kier alpha value is -2.82. The number of rotatable bonds is 6. The van der Waals surface area contributed by atoms with Crippen LogP contribution >= 0.6 is 0 Å². The molecule has 0 saturated carbocycles. The summed E-state index contributed by atoms with van der Waals surface area (Å²) in [6.07, 6.45) is 0. The van der Waals surface area contributed by atoms with Crippen molar-refractivity contribution in [2.24, 2.45) is 0 Å². The standard InChI is InChI=1S/C18H20N2O3/c1-3-19-17(21)13-8-7-9-14(12-13)20-18(22)15-10-5-6-11-16(15)23-4-2/h5-12H,3-4H2,1-2H3,(H,19,21)(H,20,22). The monoisotopic (exact) mass is 312 g/mol. The molecule has 2 rings (SSSR count). The van der Waals surface area contributed by atoms with Gasteiger partial charge in [0, 0.05) is 17.8 Å². The van der Waals surface area contributed by atoms with Crippen LogP contribution in [-0.4, -0.2) is 25.0 Å². The first-order valence-electron chi connectivity index (χ1n) is 7.57. The quantitative estimate of drug-likeness (QED) is 0.861. The molecular formula is C18H20N2O3. The molecule has 0 saturated heterocycles. The summed E-state index contributed by atoms with van der Waals surface area (Å²) in [6.45, 7) is 4.76. The van der Waals surface area contributed by atoms with Gasteiger partial charge < -0.3 is 15.4 Å². The van der Waals surface area contributed by atoms with Crippen LogP contribution < -0.4 is 15.4 Å². The predicted molar refractivity (Wildman–Crippen MR) is 90.0 cm³/mol. The molecule has 0 bridgehead atoms. The zero-order chi connectivity index (χ0) is 16.7. The first-order valence-corrected chi connectivity index (χ1v) is 7.57. The lowest BCUT2D eigenvalue weighted by atomic mass is 10.1. The van der Waals surface area contributed by atoms with Crippen LogP contribution in [0.5, 0.6) is 5.75 Å². The van der Waals surface area contributed by atoms with E-state index in [9.17, 15) is 9.59 Å². The van der Waals surface area contributed by atoms with E-state index < -0.39 is 0 Å². The second-order valence-corrected chi connectivity index (χ2v) is 4.82. The van der Waals surface area contributed by atoms with Gasteiger partial charge in [-0.3, -0.25) is 9.59 Å². The molecule has 0 radical (unpaired) electrons. The highest BCUT2D eigenvalue weighted by atomic mass is 16.5. The number of benzene rings is 2. The van der Waals surface area contributed by atoms with E-state index in [1.54, 1.807) is 42.5 Å². The van der Waals surface area contributed by atoms with Crippen molar-refractivity contribution in [2.45, 2.75) is 13.8 Å². The van der Waals surface area contributed by atoms with Crippen molar-refractivity contribution in [3.8, 4) is 5.75 Å². The van der Waals surface area contributed by atoms with Crippen molar-refractivity contribution in [3.05, 3.63) is 59.7 Å². The molecule has 0 fully saturated rings. The summed E-state index contributed by atoms with van der Waals surface area (Å²) in [6, 6.07) is 13.9. The molecule has 0 aromatic heterocycles. The van der Waals surface area contributed by atoms with Gasteiger partial charge >= 0.3 is 0 Å². The highest BCUT2D eigenvalue weighted by Gasteiger charge is 2.13. The van der Waals surface area contributed by atoms with Crippen molar-refractivity contribution >= 4 is 17.5 Å². The number of nitrogens with one attached hydrogen (secondary N) is 2. The van der Waals surface area contributed by atoms with Crippen LogP contribution in [0.1, 0.15) is 34.6 Å². The Morgan fingerprint density at radius 1 is 1.00 bits per heavy atom. The first-order chi connectivity index (χ1) is 11.2. The Balaban J connectivity index is 2.18. The highest BCUT2D eigenvalue weighted by molar-refractivity contribution is 6.06. The Morgan fingerprint density at radius 3 is 2.52 bits per heavy atom. The summed E-state index contributed by atoms with van der Waals surface area (Å²) < 4.78 is 5.46. The Labute approximate surface area is 135 Å². The van der Waals surface area contributed by atoms with E-state index in [2.05, 4.69) is 10.6 Å².